The van der Waals surface area contributed by atoms with Gasteiger partial charge in [-0.2, -0.15) is 0 Å². The van der Waals surface area contributed by atoms with Crippen molar-refractivity contribution in [3.8, 4) is 0 Å². The third kappa shape index (κ3) is 4.27. The van der Waals surface area contributed by atoms with Gasteiger partial charge < -0.3 is 11.1 Å². The molecule has 0 aliphatic carbocycles. The van der Waals surface area contributed by atoms with Gasteiger partial charge in [0.25, 0.3) is 5.91 Å². The monoisotopic (exact) mass is 254 g/mol. The number of amides is 1. The van der Waals surface area contributed by atoms with Crippen molar-refractivity contribution in [2.75, 3.05) is 12.3 Å². The molecular weight excluding hydrogens is 236 g/mol. The molecule has 1 aromatic carbocycles. The van der Waals surface area contributed by atoms with Crippen LogP contribution in [0, 0.1) is 11.8 Å². The van der Waals surface area contributed by atoms with Crippen LogP contribution in [-0.2, 0) is 0 Å². The molecule has 0 heterocycles. The predicted octanol–water partition coefficient (Wildman–Crippen LogP) is 2.94. The molecule has 94 valence electrons. The van der Waals surface area contributed by atoms with E-state index in [9.17, 15) is 4.79 Å². The second-order valence-corrected chi connectivity index (χ2v) is 5.14. The van der Waals surface area contributed by atoms with Gasteiger partial charge in [-0.15, -0.1) is 0 Å². The fraction of sp³-hybridized carbons (Fsp3) is 0.462. The average Bonchev–Trinajstić information content (AvgIpc) is 2.23. The summed E-state index contributed by atoms with van der Waals surface area (Å²) in [6, 6.07) is 4.86. The van der Waals surface area contributed by atoms with Crippen molar-refractivity contribution < 1.29 is 4.79 Å². The highest BCUT2D eigenvalue weighted by Crippen LogP contribution is 2.16. The van der Waals surface area contributed by atoms with Gasteiger partial charge in [0.1, 0.15) is 0 Å². The molecule has 0 aliphatic heterocycles. The Labute approximate surface area is 107 Å². The number of nitrogens with one attached hydrogen (secondary N) is 1. The highest BCUT2D eigenvalue weighted by atomic mass is 35.5. The van der Waals surface area contributed by atoms with Crippen LogP contribution in [0.3, 0.4) is 0 Å². The summed E-state index contributed by atoms with van der Waals surface area (Å²) in [6.07, 6.45) is 0. The fourth-order valence-electron chi connectivity index (χ4n) is 1.33. The number of anilines is 1. The quantitative estimate of drug-likeness (QED) is 0.812. The zero-order valence-electron chi connectivity index (χ0n) is 10.5. The summed E-state index contributed by atoms with van der Waals surface area (Å²) in [4.78, 5) is 11.9. The number of carbonyl (C=O) groups excluding carboxylic acids is 1. The SMILES string of the molecule is CC(C)C(C)CNC(=O)c1cc(N)cc(Cl)c1. The van der Waals surface area contributed by atoms with Crippen molar-refractivity contribution in [2.45, 2.75) is 20.8 Å². The molecule has 1 unspecified atom stereocenters. The highest BCUT2D eigenvalue weighted by molar-refractivity contribution is 6.31. The van der Waals surface area contributed by atoms with Crippen molar-refractivity contribution in [1.29, 1.82) is 0 Å². The lowest BCUT2D eigenvalue weighted by molar-refractivity contribution is 0.0945. The summed E-state index contributed by atoms with van der Waals surface area (Å²) in [5, 5.41) is 3.36. The van der Waals surface area contributed by atoms with Gasteiger partial charge >= 0.3 is 0 Å². The largest absolute Gasteiger partial charge is 0.399 e. The molecule has 17 heavy (non-hydrogen) atoms. The van der Waals surface area contributed by atoms with Crippen molar-refractivity contribution in [1.82, 2.24) is 5.32 Å². The lowest BCUT2D eigenvalue weighted by Crippen LogP contribution is -2.30. The van der Waals surface area contributed by atoms with Crippen LogP contribution in [0.5, 0.6) is 0 Å². The maximum Gasteiger partial charge on any atom is 0.251 e. The summed E-state index contributed by atoms with van der Waals surface area (Å²) in [5.41, 5.74) is 6.64. The Balaban J connectivity index is 2.64. The molecule has 0 fully saturated rings. The lowest BCUT2D eigenvalue weighted by atomic mass is 9.98. The average molecular weight is 255 g/mol. The first kappa shape index (κ1) is 13.8. The summed E-state index contributed by atoms with van der Waals surface area (Å²) in [7, 11) is 0. The van der Waals surface area contributed by atoms with Crippen LogP contribution in [0.2, 0.25) is 5.02 Å². The minimum absolute atomic E-state index is 0.133. The Morgan fingerprint density at radius 1 is 1.35 bits per heavy atom. The second kappa shape index (κ2) is 5.92. The van der Waals surface area contributed by atoms with Crippen LogP contribution in [-0.4, -0.2) is 12.5 Å². The number of hydrogen-bond acceptors (Lipinski definition) is 2. The Kier molecular flexibility index (Phi) is 4.82. The lowest BCUT2D eigenvalue weighted by Gasteiger charge is -2.16. The molecule has 1 atom stereocenters. The van der Waals surface area contributed by atoms with Crippen LogP contribution < -0.4 is 11.1 Å². The van der Waals surface area contributed by atoms with Gasteiger partial charge in [0, 0.05) is 22.8 Å². The van der Waals surface area contributed by atoms with E-state index in [1.807, 2.05) is 0 Å². The normalized spacial score (nSPS) is 12.5. The molecule has 0 spiro atoms. The number of nitrogen functional groups attached to an aromatic ring is 1. The van der Waals surface area contributed by atoms with Crippen LogP contribution in [0.4, 0.5) is 5.69 Å². The molecule has 0 saturated carbocycles. The van der Waals surface area contributed by atoms with Crippen LogP contribution in [0.25, 0.3) is 0 Å². The van der Waals surface area contributed by atoms with Gasteiger partial charge in [0.15, 0.2) is 0 Å². The number of benzene rings is 1. The van der Waals surface area contributed by atoms with E-state index >= 15 is 0 Å². The summed E-state index contributed by atoms with van der Waals surface area (Å²) in [6.45, 7) is 7.03. The highest BCUT2D eigenvalue weighted by Gasteiger charge is 2.11. The van der Waals surface area contributed by atoms with Crippen LogP contribution >= 0.6 is 11.6 Å². The van der Waals surface area contributed by atoms with Gasteiger partial charge in [0.05, 0.1) is 0 Å². The van der Waals surface area contributed by atoms with Crippen molar-refractivity contribution in [3.63, 3.8) is 0 Å². The number of halogens is 1. The molecule has 1 aromatic rings. The number of carbonyl (C=O) groups is 1. The molecule has 0 bridgehead atoms. The van der Waals surface area contributed by atoms with Crippen LogP contribution in [0.15, 0.2) is 18.2 Å². The molecule has 1 amide bonds. The summed E-state index contributed by atoms with van der Waals surface area (Å²) < 4.78 is 0. The molecule has 3 nitrogen and oxygen atoms in total. The number of rotatable bonds is 4. The van der Waals surface area contributed by atoms with E-state index < -0.39 is 0 Å². The van der Waals surface area contributed by atoms with Gasteiger partial charge in [-0.25, -0.2) is 0 Å². The molecular formula is C13H19ClN2O. The Bertz CT molecular complexity index is 384. The maximum atomic E-state index is 11.9. The predicted molar refractivity (Wildman–Crippen MR) is 72.2 cm³/mol. The van der Waals surface area contributed by atoms with E-state index in [0.717, 1.165) is 0 Å². The van der Waals surface area contributed by atoms with Gasteiger partial charge in [0.2, 0.25) is 0 Å². The number of nitrogens with two attached hydrogens (primary N) is 1. The molecule has 0 saturated heterocycles. The Morgan fingerprint density at radius 3 is 2.53 bits per heavy atom. The summed E-state index contributed by atoms with van der Waals surface area (Å²) >= 11 is 5.85. The van der Waals surface area contributed by atoms with E-state index in [-0.39, 0.29) is 5.91 Å². The maximum absolute atomic E-state index is 11.9. The van der Waals surface area contributed by atoms with Gasteiger partial charge in [-0.05, 0) is 30.0 Å². The molecule has 0 aliphatic rings. The standard InChI is InChI=1S/C13H19ClN2O/c1-8(2)9(3)7-16-13(17)10-4-11(14)6-12(15)5-10/h4-6,8-9H,7,15H2,1-3H3,(H,16,17). The van der Waals surface area contributed by atoms with Gasteiger partial charge in [-0.1, -0.05) is 32.4 Å². The number of hydrogen-bond donors (Lipinski definition) is 2. The minimum Gasteiger partial charge on any atom is -0.399 e. The van der Waals surface area contributed by atoms with E-state index in [0.29, 0.717) is 34.7 Å². The Hall–Kier alpha value is -1.22. The smallest absolute Gasteiger partial charge is 0.251 e. The Morgan fingerprint density at radius 2 is 2.00 bits per heavy atom. The zero-order chi connectivity index (χ0) is 13.0. The first-order valence-corrected chi connectivity index (χ1v) is 6.12. The third-order valence-electron chi connectivity index (χ3n) is 2.90. The first-order valence-electron chi connectivity index (χ1n) is 5.74. The molecule has 1 rings (SSSR count). The topological polar surface area (TPSA) is 55.1 Å². The van der Waals surface area contributed by atoms with E-state index in [1.165, 1.54) is 0 Å². The zero-order valence-corrected chi connectivity index (χ0v) is 11.2. The first-order chi connectivity index (χ1) is 7.90. The fourth-order valence-corrected chi connectivity index (χ4v) is 1.58. The van der Waals surface area contributed by atoms with E-state index in [4.69, 9.17) is 17.3 Å². The van der Waals surface area contributed by atoms with Crippen LogP contribution in [0.1, 0.15) is 31.1 Å². The van der Waals surface area contributed by atoms with E-state index in [1.54, 1.807) is 18.2 Å². The molecule has 3 N–H and O–H groups in total. The molecule has 0 radical (unpaired) electrons. The van der Waals surface area contributed by atoms with Crippen molar-refractivity contribution >= 4 is 23.2 Å². The third-order valence-corrected chi connectivity index (χ3v) is 3.12. The van der Waals surface area contributed by atoms with Crippen molar-refractivity contribution in [3.05, 3.63) is 28.8 Å². The summed E-state index contributed by atoms with van der Waals surface area (Å²) in [5.74, 6) is 0.849. The van der Waals surface area contributed by atoms with Crippen molar-refractivity contribution in [2.24, 2.45) is 11.8 Å². The minimum atomic E-state index is -0.133. The second-order valence-electron chi connectivity index (χ2n) is 4.70. The molecule has 0 aromatic heterocycles. The van der Waals surface area contributed by atoms with Gasteiger partial charge in [-0.3, -0.25) is 4.79 Å². The van der Waals surface area contributed by atoms with E-state index in [2.05, 4.69) is 26.1 Å². The molecule has 4 heteroatoms.